The van der Waals surface area contributed by atoms with Gasteiger partial charge in [0.15, 0.2) is 11.5 Å². The minimum absolute atomic E-state index is 0.225. The third-order valence-electron chi connectivity index (χ3n) is 6.45. The van der Waals surface area contributed by atoms with Crippen LogP contribution >= 0.6 is 0 Å². The topological polar surface area (TPSA) is 77.7 Å². The Labute approximate surface area is 188 Å². The number of amides is 1. The zero-order valence-corrected chi connectivity index (χ0v) is 18.0. The van der Waals surface area contributed by atoms with Crippen molar-refractivity contribution < 1.29 is 14.3 Å². The predicted molar refractivity (Wildman–Crippen MR) is 122 cm³/mol. The highest BCUT2D eigenvalue weighted by molar-refractivity contribution is 5.82. The highest BCUT2D eigenvalue weighted by Crippen LogP contribution is 2.37. The van der Waals surface area contributed by atoms with Crippen LogP contribution < -0.4 is 15.2 Å². The number of likely N-dealkylation sites (tertiary alicyclic amines) is 1. The Balaban J connectivity index is 1.32. The molecule has 6 nitrogen and oxygen atoms in total. The van der Waals surface area contributed by atoms with Gasteiger partial charge in [0, 0.05) is 25.5 Å². The number of fused-ring (bicyclic) bond motifs is 1. The smallest absolute Gasteiger partial charge is 0.225 e. The predicted octanol–water partition coefficient (Wildman–Crippen LogP) is 3.44. The first-order chi connectivity index (χ1) is 15.6. The molecule has 1 saturated heterocycles. The second kappa shape index (κ2) is 8.63. The maximum absolute atomic E-state index is 12.6. The number of hydrogen-bond donors (Lipinski definition) is 1. The molecule has 1 amide bonds. The molecule has 2 aliphatic heterocycles. The summed E-state index contributed by atoms with van der Waals surface area (Å²) in [7, 11) is 0. The number of benzene rings is 2. The van der Waals surface area contributed by atoms with Gasteiger partial charge in [0.2, 0.25) is 5.91 Å². The lowest BCUT2D eigenvalue weighted by Crippen LogP contribution is -2.41. The largest absolute Gasteiger partial charge is 0.486 e. The molecule has 1 fully saturated rings. The minimum atomic E-state index is -0.565. The second-order valence-electron chi connectivity index (χ2n) is 8.70. The van der Waals surface area contributed by atoms with Gasteiger partial charge in [0.25, 0.3) is 0 Å². The van der Waals surface area contributed by atoms with E-state index in [1.165, 1.54) is 0 Å². The van der Waals surface area contributed by atoms with Crippen molar-refractivity contribution in [3.05, 3.63) is 78.1 Å². The molecule has 1 aromatic heterocycles. The normalized spacial score (nSPS) is 20.2. The van der Waals surface area contributed by atoms with Crippen molar-refractivity contribution in [3.8, 4) is 22.6 Å². The molecule has 0 aliphatic carbocycles. The Bertz CT molecular complexity index is 1120. The van der Waals surface area contributed by atoms with Gasteiger partial charge in [-0.1, -0.05) is 30.3 Å². The molecule has 0 bridgehead atoms. The SMILES string of the molecule is NC(=O)[C@]1(Cc2cccc(-c3ccncc3)c2)CCN(Cc2ccc3c(c2)OCCO3)C1. The van der Waals surface area contributed by atoms with Crippen LogP contribution in [0.1, 0.15) is 17.5 Å². The van der Waals surface area contributed by atoms with Crippen LogP contribution in [0.15, 0.2) is 67.0 Å². The molecule has 0 radical (unpaired) electrons. The molecule has 6 heteroatoms. The summed E-state index contributed by atoms with van der Waals surface area (Å²) in [6, 6.07) is 18.4. The van der Waals surface area contributed by atoms with Crippen LogP contribution in [-0.4, -0.2) is 42.1 Å². The van der Waals surface area contributed by atoms with Gasteiger partial charge in [0.05, 0.1) is 5.41 Å². The van der Waals surface area contributed by atoms with Crippen molar-refractivity contribution in [3.63, 3.8) is 0 Å². The van der Waals surface area contributed by atoms with Gasteiger partial charge in [-0.2, -0.15) is 0 Å². The number of primary amides is 1. The molecule has 0 unspecified atom stereocenters. The molecule has 3 aromatic rings. The fourth-order valence-electron chi connectivity index (χ4n) is 4.77. The van der Waals surface area contributed by atoms with Crippen molar-refractivity contribution in [2.75, 3.05) is 26.3 Å². The van der Waals surface area contributed by atoms with E-state index in [0.717, 1.165) is 53.3 Å². The highest BCUT2D eigenvalue weighted by Gasteiger charge is 2.43. The number of ether oxygens (including phenoxy) is 2. The maximum atomic E-state index is 12.6. The summed E-state index contributed by atoms with van der Waals surface area (Å²) in [4.78, 5) is 19.0. The number of nitrogens with zero attached hydrogens (tertiary/aromatic N) is 2. The zero-order chi connectivity index (χ0) is 22.0. The Kier molecular flexibility index (Phi) is 5.53. The van der Waals surface area contributed by atoms with Crippen molar-refractivity contribution in [1.29, 1.82) is 0 Å². The van der Waals surface area contributed by atoms with E-state index in [0.29, 0.717) is 26.2 Å². The molecule has 2 aliphatic rings. The van der Waals surface area contributed by atoms with Crippen LogP contribution in [0.4, 0.5) is 0 Å². The van der Waals surface area contributed by atoms with E-state index in [9.17, 15) is 4.79 Å². The number of carbonyl (C=O) groups excluding carboxylic acids is 1. The van der Waals surface area contributed by atoms with Crippen molar-refractivity contribution >= 4 is 5.91 Å². The summed E-state index contributed by atoms with van der Waals surface area (Å²) in [6.45, 7) is 3.39. The number of pyridine rings is 1. The summed E-state index contributed by atoms with van der Waals surface area (Å²) < 4.78 is 11.3. The standard InChI is InChI=1S/C26H27N3O3/c27-25(30)26(16-19-2-1-3-22(14-19)21-6-9-28-10-7-21)8-11-29(18-26)17-20-4-5-23-24(15-20)32-13-12-31-23/h1-7,9-10,14-15H,8,11-13,16-18H2,(H2,27,30)/t26-/m0/s1. The van der Waals surface area contributed by atoms with E-state index < -0.39 is 5.41 Å². The van der Waals surface area contributed by atoms with E-state index >= 15 is 0 Å². The van der Waals surface area contributed by atoms with Crippen molar-refractivity contribution in [1.82, 2.24) is 9.88 Å². The molecule has 0 saturated carbocycles. The molecular formula is C26H27N3O3. The molecule has 164 valence electrons. The summed E-state index contributed by atoms with van der Waals surface area (Å²) in [5.41, 5.74) is 9.91. The van der Waals surface area contributed by atoms with Gasteiger partial charge in [-0.05, 0) is 65.9 Å². The van der Waals surface area contributed by atoms with E-state index in [-0.39, 0.29) is 5.91 Å². The Morgan fingerprint density at radius 3 is 2.59 bits per heavy atom. The van der Waals surface area contributed by atoms with Gasteiger partial charge >= 0.3 is 0 Å². The maximum Gasteiger partial charge on any atom is 0.225 e. The monoisotopic (exact) mass is 429 g/mol. The lowest BCUT2D eigenvalue weighted by molar-refractivity contribution is -0.127. The molecule has 2 aromatic carbocycles. The molecule has 2 N–H and O–H groups in total. The average Bonchev–Trinajstić information content (AvgIpc) is 3.23. The van der Waals surface area contributed by atoms with Gasteiger partial charge in [0.1, 0.15) is 13.2 Å². The quantitative estimate of drug-likeness (QED) is 0.650. The number of carbonyl (C=O) groups is 1. The minimum Gasteiger partial charge on any atom is -0.486 e. The van der Waals surface area contributed by atoms with Crippen molar-refractivity contribution in [2.24, 2.45) is 11.1 Å². The van der Waals surface area contributed by atoms with E-state index in [4.69, 9.17) is 15.2 Å². The fraction of sp³-hybridized carbons (Fsp3) is 0.308. The van der Waals surface area contributed by atoms with Gasteiger partial charge in [-0.25, -0.2) is 0 Å². The lowest BCUT2D eigenvalue weighted by atomic mass is 9.79. The van der Waals surface area contributed by atoms with E-state index in [2.05, 4.69) is 34.1 Å². The summed E-state index contributed by atoms with van der Waals surface area (Å²) in [5.74, 6) is 1.36. The first kappa shape index (κ1) is 20.5. The van der Waals surface area contributed by atoms with E-state index in [1.807, 2.05) is 30.3 Å². The van der Waals surface area contributed by atoms with Crippen LogP contribution in [0, 0.1) is 5.41 Å². The van der Waals surface area contributed by atoms with Crippen molar-refractivity contribution in [2.45, 2.75) is 19.4 Å². The van der Waals surface area contributed by atoms with Crippen LogP contribution in [0.5, 0.6) is 11.5 Å². The molecule has 5 rings (SSSR count). The van der Waals surface area contributed by atoms with Crippen LogP contribution in [0.25, 0.3) is 11.1 Å². The molecule has 3 heterocycles. The summed E-state index contributed by atoms with van der Waals surface area (Å²) >= 11 is 0. The molecule has 0 spiro atoms. The number of hydrogen-bond acceptors (Lipinski definition) is 5. The first-order valence-corrected chi connectivity index (χ1v) is 11.0. The molecule has 32 heavy (non-hydrogen) atoms. The zero-order valence-electron chi connectivity index (χ0n) is 18.0. The first-order valence-electron chi connectivity index (χ1n) is 11.0. The van der Waals surface area contributed by atoms with Gasteiger partial charge in [-0.15, -0.1) is 0 Å². The second-order valence-corrected chi connectivity index (χ2v) is 8.70. The van der Waals surface area contributed by atoms with Crippen LogP contribution in [0.3, 0.4) is 0 Å². The Morgan fingerprint density at radius 2 is 1.78 bits per heavy atom. The third kappa shape index (κ3) is 4.18. The average molecular weight is 430 g/mol. The van der Waals surface area contributed by atoms with Crippen LogP contribution in [-0.2, 0) is 17.8 Å². The Hall–Kier alpha value is -3.38. The number of rotatable bonds is 6. The third-order valence-corrected chi connectivity index (χ3v) is 6.45. The summed E-state index contributed by atoms with van der Waals surface area (Å²) in [5, 5.41) is 0. The van der Waals surface area contributed by atoms with Gasteiger partial charge < -0.3 is 15.2 Å². The molecular weight excluding hydrogens is 402 g/mol. The fourth-order valence-corrected chi connectivity index (χ4v) is 4.77. The number of aromatic nitrogens is 1. The Morgan fingerprint density at radius 1 is 0.969 bits per heavy atom. The summed E-state index contributed by atoms with van der Waals surface area (Å²) in [6.07, 6.45) is 4.98. The van der Waals surface area contributed by atoms with E-state index in [1.54, 1.807) is 12.4 Å². The molecule has 1 atom stereocenters. The van der Waals surface area contributed by atoms with Crippen LogP contribution in [0.2, 0.25) is 0 Å². The number of nitrogens with two attached hydrogens (primary N) is 1. The van der Waals surface area contributed by atoms with Gasteiger partial charge in [-0.3, -0.25) is 14.7 Å². The lowest BCUT2D eigenvalue weighted by Gasteiger charge is -2.27. The highest BCUT2D eigenvalue weighted by atomic mass is 16.6.